The number of nitro benzene ring substituents is 1. The van der Waals surface area contributed by atoms with Crippen molar-refractivity contribution in [2.75, 3.05) is 29.9 Å². The van der Waals surface area contributed by atoms with Gasteiger partial charge in [-0.25, -0.2) is 17.6 Å². The lowest BCUT2D eigenvalue weighted by molar-refractivity contribution is -0.384. The average Bonchev–Trinajstić information content (AvgIpc) is 2.91. The van der Waals surface area contributed by atoms with Crippen LogP contribution in [0.3, 0.4) is 0 Å². The number of carbonyl (C=O) groups excluding carboxylic acids is 2. The monoisotopic (exact) mass is 542 g/mol. The number of sulfonamides is 1. The summed E-state index contributed by atoms with van der Waals surface area (Å²) in [5.41, 5.74) is -0.162. The third-order valence-electron chi connectivity index (χ3n) is 5.00. The number of anilines is 2. The lowest BCUT2D eigenvalue weighted by Crippen LogP contribution is -2.26. The predicted molar refractivity (Wildman–Crippen MR) is 131 cm³/mol. The molecule has 0 aliphatic carbocycles. The molecule has 3 aromatic rings. The van der Waals surface area contributed by atoms with Gasteiger partial charge >= 0.3 is 5.97 Å². The molecular formula is C24H19FN4O8S. The first-order valence-corrected chi connectivity index (χ1v) is 12.1. The van der Waals surface area contributed by atoms with Crippen LogP contribution in [0.1, 0.15) is 5.56 Å². The smallest absolute Gasteiger partial charge is 0.344 e. The highest BCUT2D eigenvalue weighted by molar-refractivity contribution is 7.92. The number of nitrogens with one attached hydrogen (secondary N) is 1. The molecule has 0 aliphatic heterocycles. The molecule has 0 atom stereocenters. The summed E-state index contributed by atoms with van der Waals surface area (Å²) in [5.74, 6) is -2.01. The summed E-state index contributed by atoms with van der Waals surface area (Å²) in [7, 11) is -2.60. The van der Waals surface area contributed by atoms with E-state index < -0.39 is 45.9 Å². The predicted octanol–water partition coefficient (Wildman–Crippen LogP) is 2.99. The second kappa shape index (κ2) is 11.8. The fraction of sp³-hybridized carbons (Fsp3) is 0.125. The van der Waals surface area contributed by atoms with Crippen molar-refractivity contribution in [2.24, 2.45) is 0 Å². The molecule has 196 valence electrons. The minimum absolute atomic E-state index is 0.0156. The van der Waals surface area contributed by atoms with Gasteiger partial charge in [-0.1, -0.05) is 0 Å². The molecule has 0 saturated heterocycles. The number of non-ortho nitro benzene ring substituents is 1. The molecule has 3 rings (SSSR count). The number of rotatable bonds is 10. The van der Waals surface area contributed by atoms with Crippen LogP contribution in [-0.2, 0) is 24.3 Å². The number of nitro groups is 1. The van der Waals surface area contributed by atoms with Crippen LogP contribution in [0.2, 0.25) is 0 Å². The Morgan fingerprint density at radius 2 is 1.74 bits per heavy atom. The van der Waals surface area contributed by atoms with Crippen molar-refractivity contribution >= 4 is 39.0 Å². The number of hydrogen-bond acceptors (Lipinski definition) is 9. The Hall–Kier alpha value is -5.03. The van der Waals surface area contributed by atoms with Crippen molar-refractivity contribution in [1.29, 1.82) is 5.26 Å². The standard InChI is InChI=1S/C24H19FN4O8S/c1-28(38(34,35)21-9-2-17(25)3-10-21)18-4-7-20(8-5-18)36-15-24(31)37-14-23(30)27-22-11-6-19(29(32)33)12-16(22)13-26/h2-12H,14-15H2,1H3,(H,27,30). The molecule has 0 aliphatic rings. The Morgan fingerprint density at radius 1 is 1.08 bits per heavy atom. The molecule has 0 unspecified atom stereocenters. The summed E-state index contributed by atoms with van der Waals surface area (Å²) >= 11 is 0. The number of nitrogens with zero attached hydrogens (tertiary/aromatic N) is 3. The number of nitriles is 1. The van der Waals surface area contributed by atoms with E-state index in [1.165, 1.54) is 37.4 Å². The summed E-state index contributed by atoms with van der Waals surface area (Å²) < 4.78 is 49.6. The van der Waals surface area contributed by atoms with Crippen LogP contribution in [0.15, 0.2) is 71.6 Å². The van der Waals surface area contributed by atoms with Gasteiger partial charge in [0, 0.05) is 19.2 Å². The molecule has 0 bridgehead atoms. The van der Waals surface area contributed by atoms with E-state index in [4.69, 9.17) is 14.7 Å². The summed E-state index contributed by atoms with van der Waals surface area (Å²) in [6.45, 7) is -1.26. The van der Waals surface area contributed by atoms with E-state index in [1.54, 1.807) is 6.07 Å². The van der Waals surface area contributed by atoms with Gasteiger partial charge in [0.1, 0.15) is 17.6 Å². The van der Waals surface area contributed by atoms with E-state index in [9.17, 15) is 32.5 Å². The van der Waals surface area contributed by atoms with Gasteiger partial charge in [-0.05, 0) is 54.6 Å². The van der Waals surface area contributed by atoms with Crippen LogP contribution >= 0.6 is 0 Å². The van der Waals surface area contributed by atoms with E-state index in [0.717, 1.165) is 40.7 Å². The second-order valence-corrected chi connectivity index (χ2v) is 9.49. The minimum Gasteiger partial charge on any atom is -0.482 e. The number of esters is 1. The average molecular weight is 543 g/mol. The first-order valence-electron chi connectivity index (χ1n) is 10.6. The second-order valence-electron chi connectivity index (χ2n) is 7.52. The third-order valence-corrected chi connectivity index (χ3v) is 6.80. The van der Waals surface area contributed by atoms with Crippen molar-refractivity contribution in [2.45, 2.75) is 4.90 Å². The number of benzene rings is 3. The SMILES string of the molecule is CN(c1ccc(OCC(=O)OCC(=O)Nc2ccc([N+](=O)[O-])cc2C#N)cc1)S(=O)(=O)c1ccc(F)cc1. The maximum Gasteiger partial charge on any atom is 0.344 e. The van der Waals surface area contributed by atoms with Gasteiger partial charge in [-0.2, -0.15) is 5.26 Å². The Labute approximate surface area is 216 Å². The lowest BCUT2D eigenvalue weighted by atomic mass is 10.1. The molecule has 0 saturated carbocycles. The highest BCUT2D eigenvalue weighted by atomic mass is 32.2. The van der Waals surface area contributed by atoms with Crippen molar-refractivity contribution < 1.29 is 36.8 Å². The Morgan fingerprint density at radius 3 is 2.34 bits per heavy atom. The molecule has 0 fully saturated rings. The molecule has 0 heterocycles. The van der Waals surface area contributed by atoms with Crippen molar-refractivity contribution in [3.63, 3.8) is 0 Å². The number of halogens is 1. The topological polar surface area (TPSA) is 169 Å². The van der Waals surface area contributed by atoms with E-state index in [-0.39, 0.29) is 33.3 Å². The van der Waals surface area contributed by atoms with Crippen molar-refractivity contribution in [3.05, 3.63) is 88.2 Å². The zero-order valence-corrected chi connectivity index (χ0v) is 20.5. The van der Waals surface area contributed by atoms with Gasteiger partial charge < -0.3 is 14.8 Å². The highest BCUT2D eigenvalue weighted by Crippen LogP contribution is 2.25. The molecule has 0 aromatic heterocycles. The third kappa shape index (κ3) is 6.80. The van der Waals surface area contributed by atoms with Crippen LogP contribution < -0.4 is 14.4 Å². The molecule has 0 spiro atoms. The molecule has 12 nitrogen and oxygen atoms in total. The van der Waals surface area contributed by atoms with Gasteiger partial charge in [0.15, 0.2) is 13.2 Å². The summed E-state index contributed by atoms with van der Waals surface area (Å²) in [5, 5.41) is 22.2. The number of ether oxygens (including phenoxy) is 2. The molecule has 0 radical (unpaired) electrons. The van der Waals surface area contributed by atoms with Crippen LogP contribution in [-0.4, -0.2) is 45.5 Å². The first kappa shape index (κ1) is 27.6. The van der Waals surface area contributed by atoms with Gasteiger partial charge in [0.25, 0.3) is 21.6 Å². The van der Waals surface area contributed by atoms with Crippen molar-refractivity contribution in [1.82, 2.24) is 0 Å². The zero-order valence-electron chi connectivity index (χ0n) is 19.7. The highest BCUT2D eigenvalue weighted by Gasteiger charge is 2.21. The van der Waals surface area contributed by atoms with E-state index in [0.29, 0.717) is 0 Å². The maximum atomic E-state index is 13.1. The molecule has 3 aromatic carbocycles. The van der Waals surface area contributed by atoms with Crippen molar-refractivity contribution in [3.8, 4) is 11.8 Å². The van der Waals surface area contributed by atoms with Gasteiger partial charge in [0.05, 0.1) is 26.8 Å². The van der Waals surface area contributed by atoms with E-state index in [2.05, 4.69) is 5.32 Å². The maximum absolute atomic E-state index is 13.1. The normalized spacial score (nSPS) is 10.7. The Balaban J connectivity index is 1.50. The minimum atomic E-state index is -3.93. The molecule has 38 heavy (non-hydrogen) atoms. The van der Waals surface area contributed by atoms with E-state index in [1.807, 2.05) is 0 Å². The van der Waals surface area contributed by atoms with Crippen LogP contribution in [0, 0.1) is 27.3 Å². The largest absolute Gasteiger partial charge is 0.482 e. The Kier molecular flexibility index (Phi) is 8.56. The quantitative estimate of drug-likeness (QED) is 0.230. The summed E-state index contributed by atoms with van der Waals surface area (Å²) in [6, 6.07) is 15.1. The zero-order chi connectivity index (χ0) is 27.9. The van der Waals surface area contributed by atoms with Crippen LogP contribution in [0.4, 0.5) is 21.5 Å². The molecular weight excluding hydrogens is 523 g/mol. The number of hydrogen-bond donors (Lipinski definition) is 1. The summed E-state index contributed by atoms with van der Waals surface area (Å²) in [4.78, 5) is 34.0. The molecule has 14 heteroatoms. The first-order chi connectivity index (χ1) is 18.0. The van der Waals surface area contributed by atoms with E-state index >= 15 is 0 Å². The van der Waals surface area contributed by atoms with Gasteiger partial charge in [0.2, 0.25) is 0 Å². The van der Waals surface area contributed by atoms with Gasteiger partial charge in [-0.3, -0.25) is 19.2 Å². The molecule has 1 amide bonds. The Bertz CT molecular complexity index is 1500. The lowest BCUT2D eigenvalue weighted by Gasteiger charge is -2.19. The van der Waals surface area contributed by atoms with Gasteiger partial charge in [-0.15, -0.1) is 0 Å². The number of carbonyl (C=O) groups is 2. The van der Waals surface area contributed by atoms with Crippen LogP contribution in [0.5, 0.6) is 5.75 Å². The fourth-order valence-electron chi connectivity index (χ4n) is 3.02. The fourth-order valence-corrected chi connectivity index (χ4v) is 4.21. The van der Waals surface area contributed by atoms with Crippen LogP contribution in [0.25, 0.3) is 0 Å². The number of amides is 1. The molecule has 1 N–H and O–H groups in total. The summed E-state index contributed by atoms with van der Waals surface area (Å²) in [6.07, 6.45) is 0.